The van der Waals surface area contributed by atoms with Gasteiger partial charge in [-0.05, 0) is 18.2 Å². The number of hydrogen-bond acceptors (Lipinski definition) is 3. The maximum Gasteiger partial charge on any atom is 0.251 e. The minimum Gasteiger partial charge on any atom is -0.489 e. The summed E-state index contributed by atoms with van der Waals surface area (Å²) < 4.78 is 10.6. The smallest absolute Gasteiger partial charge is 0.251 e. The lowest BCUT2D eigenvalue weighted by Crippen LogP contribution is -2.28. The van der Waals surface area contributed by atoms with Gasteiger partial charge in [0.2, 0.25) is 0 Å². The van der Waals surface area contributed by atoms with Gasteiger partial charge in [0.05, 0.1) is 6.61 Å². The molecule has 0 aliphatic rings. The zero-order valence-corrected chi connectivity index (χ0v) is 12.0. The summed E-state index contributed by atoms with van der Waals surface area (Å²) in [5.41, 5.74) is 1.49. The second kappa shape index (κ2) is 8.07. The molecule has 0 aromatic heterocycles. The molecule has 0 heterocycles. The highest BCUT2D eigenvalue weighted by molar-refractivity contribution is 5.95. The molecule has 0 aliphatic carbocycles. The number of carbonyl (C=O) groups is 1. The summed E-state index contributed by atoms with van der Waals surface area (Å²) in [6.07, 6.45) is 0. The van der Waals surface area contributed by atoms with Crippen LogP contribution in [0.25, 0.3) is 0 Å². The van der Waals surface area contributed by atoms with Gasteiger partial charge in [-0.1, -0.05) is 36.4 Å². The molecule has 0 fully saturated rings. The average Bonchev–Trinajstić information content (AvgIpc) is 2.54. The van der Waals surface area contributed by atoms with Gasteiger partial charge in [0.15, 0.2) is 0 Å². The number of amides is 1. The van der Waals surface area contributed by atoms with E-state index in [1.165, 1.54) is 0 Å². The van der Waals surface area contributed by atoms with Crippen LogP contribution in [0.15, 0.2) is 54.6 Å². The largest absolute Gasteiger partial charge is 0.489 e. The van der Waals surface area contributed by atoms with Crippen LogP contribution in [-0.4, -0.2) is 26.2 Å². The Morgan fingerprint density at radius 2 is 1.76 bits per heavy atom. The van der Waals surface area contributed by atoms with Gasteiger partial charge in [-0.15, -0.1) is 0 Å². The molecule has 2 aromatic carbocycles. The van der Waals surface area contributed by atoms with Crippen LogP contribution in [0.5, 0.6) is 5.75 Å². The van der Waals surface area contributed by atoms with Crippen molar-refractivity contribution in [1.82, 2.24) is 5.32 Å². The van der Waals surface area contributed by atoms with Gasteiger partial charge >= 0.3 is 0 Å². The summed E-state index contributed by atoms with van der Waals surface area (Å²) in [6, 6.07) is 17.0. The van der Waals surface area contributed by atoms with Crippen LogP contribution < -0.4 is 10.1 Å². The van der Waals surface area contributed by atoms with Crippen molar-refractivity contribution in [1.29, 1.82) is 0 Å². The molecule has 0 radical (unpaired) electrons. The number of ether oxygens (including phenoxy) is 2. The van der Waals surface area contributed by atoms with Crippen molar-refractivity contribution in [3.05, 3.63) is 65.7 Å². The van der Waals surface area contributed by atoms with Crippen LogP contribution in [0.1, 0.15) is 15.9 Å². The topological polar surface area (TPSA) is 47.6 Å². The maximum absolute atomic E-state index is 12.1. The van der Waals surface area contributed by atoms with Crippen molar-refractivity contribution in [2.75, 3.05) is 20.3 Å². The number of carbonyl (C=O) groups excluding carboxylic acids is 1. The molecule has 1 N–H and O–H groups in total. The standard InChI is InChI=1S/C17H19NO3/c1-20-12-11-18-17(19)16-10-6-5-7-14(16)13-21-15-8-3-2-4-9-15/h2-10H,11-13H2,1H3,(H,18,19). The van der Waals surface area contributed by atoms with Gasteiger partial charge in [0, 0.05) is 24.8 Å². The molecule has 4 heteroatoms. The lowest BCUT2D eigenvalue weighted by molar-refractivity contribution is 0.0934. The maximum atomic E-state index is 12.1. The summed E-state index contributed by atoms with van der Waals surface area (Å²) in [7, 11) is 1.60. The van der Waals surface area contributed by atoms with Gasteiger partial charge < -0.3 is 14.8 Å². The van der Waals surface area contributed by atoms with Crippen LogP contribution in [0, 0.1) is 0 Å². The molecule has 110 valence electrons. The van der Waals surface area contributed by atoms with E-state index in [4.69, 9.17) is 9.47 Å². The fourth-order valence-electron chi connectivity index (χ4n) is 1.91. The molecule has 0 atom stereocenters. The van der Waals surface area contributed by atoms with Crippen molar-refractivity contribution in [3.63, 3.8) is 0 Å². The summed E-state index contributed by atoms with van der Waals surface area (Å²) >= 11 is 0. The molecule has 0 spiro atoms. The second-order valence-electron chi connectivity index (χ2n) is 4.51. The summed E-state index contributed by atoms with van der Waals surface area (Å²) in [6.45, 7) is 1.34. The van der Waals surface area contributed by atoms with E-state index in [0.717, 1.165) is 11.3 Å². The monoisotopic (exact) mass is 285 g/mol. The zero-order valence-electron chi connectivity index (χ0n) is 12.0. The van der Waals surface area contributed by atoms with Gasteiger partial charge in [-0.3, -0.25) is 4.79 Å². The molecule has 0 bridgehead atoms. The Balaban J connectivity index is 2.01. The highest BCUT2D eigenvalue weighted by atomic mass is 16.5. The molecular weight excluding hydrogens is 266 g/mol. The minimum absolute atomic E-state index is 0.112. The van der Waals surface area contributed by atoms with Crippen molar-refractivity contribution in [2.45, 2.75) is 6.61 Å². The number of nitrogens with one attached hydrogen (secondary N) is 1. The third-order valence-corrected chi connectivity index (χ3v) is 2.99. The molecule has 21 heavy (non-hydrogen) atoms. The van der Waals surface area contributed by atoms with Gasteiger partial charge in [-0.2, -0.15) is 0 Å². The first-order chi connectivity index (χ1) is 10.3. The number of rotatable bonds is 7. The van der Waals surface area contributed by atoms with E-state index < -0.39 is 0 Å². The van der Waals surface area contributed by atoms with Crippen LogP contribution in [0.2, 0.25) is 0 Å². The lowest BCUT2D eigenvalue weighted by Gasteiger charge is -2.11. The highest BCUT2D eigenvalue weighted by Gasteiger charge is 2.10. The molecule has 4 nitrogen and oxygen atoms in total. The fraction of sp³-hybridized carbons (Fsp3) is 0.235. The summed E-state index contributed by atoms with van der Waals surface area (Å²) in [4.78, 5) is 12.1. The van der Waals surface area contributed by atoms with Gasteiger partial charge in [0.1, 0.15) is 12.4 Å². The summed E-state index contributed by atoms with van der Waals surface area (Å²) in [5, 5.41) is 2.82. The van der Waals surface area contributed by atoms with E-state index in [1.54, 1.807) is 13.2 Å². The zero-order chi connectivity index (χ0) is 14.9. The first kappa shape index (κ1) is 15.1. The van der Waals surface area contributed by atoms with Crippen LogP contribution >= 0.6 is 0 Å². The third-order valence-electron chi connectivity index (χ3n) is 2.99. The van der Waals surface area contributed by atoms with E-state index >= 15 is 0 Å². The minimum atomic E-state index is -0.112. The van der Waals surface area contributed by atoms with Crippen molar-refractivity contribution >= 4 is 5.91 Å². The van der Waals surface area contributed by atoms with Crippen molar-refractivity contribution in [3.8, 4) is 5.75 Å². The quantitative estimate of drug-likeness (QED) is 0.796. The number of methoxy groups -OCH3 is 1. The normalized spacial score (nSPS) is 10.1. The van der Waals surface area contributed by atoms with E-state index in [-0.39, 0.29) is 5.91 Å². The Morgan fingerprint density at radius 1 is 1.05 bits per heavy atom. The van der Waals surface area contributed by atoms with E-state index in [9.17, 15) is 4.79 Å². The Morgan fingerprint density at radius 3 is 2.52 bits per heavy atom. The average molecular weight is 285 g/mol. The van der Waals surface area contributed by atoms with Gasteiger partial charge in [0.25, 0.3) is 5.91 Å². The van der Waals surface area contributed by atoms with E-state index in [0.29, 0.717) is 25.3 Å². The third kappa shape index (κ3) is 4.61. The molecule has 2 aromatic rings. The lowest BCUT2D eigenvalue weighted by atomic mass is 10.1. The predicted octanol–water partition coefficient (Wildman–Crippen LogP) is 2.64. The molecule has 1 amide bonds. The van der Waals surface area contributed by atoms with Crippen LogP contribution in [0.3, 0.4) is 0 Å². The van der Waals surface area contributed by atoms with E-state index in [1.807, 2.05) is 48.5 Å². The Hall–Kier alpha value is -2.33. The molecule has 0 saturated heterocycles. The molecule has 0 saturated carbocycles. The molecule has 0 unspecified atom stereocenters. The molecule has 0 aliphatic heterocycles. The van der Waals surface area contributed by atoms with Gasteiger partial charge in [-0.25, -0.2) is 0 Å². The van der Waals surface area contributed by atoms with Crippen LogP contribution in [-0.2, 0) is 11.3 Å². The predicted molar refractivity (Wildman–Crippen MR) is 81.4 cm³/mol. The first-order valence-electron chi connectivity index (χ1n) is 6.84. The number of para-hydroxylation sites is 1. The Bertz CT molecular complexity index is 569. The Labute approximate surface area is 124 Å². The molecule has 2 rings (SSSR count). The number of benzene rings is 2. The highest BCUT2D eigenvalue weighted by Crippen LogP contribution is 2.14. The SMILES string of the molecule is COCCNC(=O)c1ccccc1COc1ccccc1. The second-order valence-corrected chi connectivity index (χ2v) is 4.51. The van der Waals surface area contributed by atoms with Crippen molar-refractivity contribution in [2.24, 2.45) is 0 Å². The molecular formula is C17H19NO3. The van der Waals surface area contributed by atoms with E-state index in [2.05, 4.69) is 5.32 Å². The summed E-state index contributed by atoms with van der Waals surface area (Å²) in [5.74, 6) is 0.673. The number of hydrogen-bond donors (Lipinski definition) is 1. The van der Waals surface area contributed by atoms with Crippen molar-refractivity contribution < 1.29 is 14.3 Å². The van der Waals surface area contributed by atoms with Crippen LogP contribution in [0.4, 0.5) is 0 Å². The first-order valence-corrected chi connectivity index (χ1v) is 6.84. The fourth-order valence-corrected chi connectivity index (χ4v) is 1.91. The Kier molecular flexibility index (Phi) is 5.79.